The van der Waals surface area contributed by atoms with Gasteiger partial charge >= 0.3 is 6.09 Å². The molecule has 0 bridgehead atoms. The highest BCUT2D eigenvalue weighted by Gasteiger charge is 2.29. The number of ketones is 1. The van der Waals surface area contributed by atoms with Crippen molar-refractivity contribution in [1.29, 1.82) is 0 Å². The number of nitrogens with zero attached hydrogens (tertiary/aromatic N) is 1. The number of aromatic nitrogens is 1. The van der Waals surface area contributed by atoms with E-state index in [1.54, 1.807) is 6.92 Å². The summed E-state index contributed by atoms with van der Waals surface area (Å²) in [6.45, 7) is 1.90. The van der Waals surface area contributed by atoms with E-state index >= 15 is 0 Å². The molecule has 0 radical (unpaired) electrons. The van der Waals surface area contributed by atoms with Gasteiger partial charge in [-0.05, 0) is 35.2 Å². The van der Waals surface area contributed by atoms with Crippen LogP contribution in [-0.4, -0.2) is 29.1 Å². The molecule has 1 aliphatic carbocycles. The molecular formula is C27H24N2O3. The number of Topliss-reactive ketones (excluding diaryl/α,β-unsaturated/α-hetero) is 1. The molecule has 160 valence electrons. The molecule has 0 fully saturated rings. The number of rotatable bonds is 5. The first-order valence-corrected chi connectivity index (χ1v) is 10.7. The Morgan fingerprint density at radius 3 is 2.22 bits per heavy atom. The molecule has 0 unspecified atom stereocenters. The van der Waals surface area contributed by atoms with Crippen LogP contribution in [-0.2, 0) is 11.8 Å². The van der Waals surface area contributed by atoms with Crippen LogP contribution in [0.15, 0.2) is 79.0 Å². The van der Waals surface area contributed by atoms with E-state index in [9.17, 15) is 9.59 Å². The Bertz CT molecular complexity index is 1290. The van der Waals surface area contributed by atoms with Gasteiger partial charge in [0.2, 0.25) is 0 Å². The molecule has 3 aromatic carbocycles. The SMILES string of the molecule is C[C@@H](NC(=O)OCC1c2ccccc2-c2ccccc21)C(=O)c1cn(C)c2ccccc12. The normalized spacial score (nSPS) is 13.4. The van der Waals surface area contributed by atoms with Crippen LogP contribution in [0.25, 0.3) is 22.0 Å². The second-order valence-corrected chi connectivity index (χ2v) is 8.23. The number of carbonyl (C=O) groups excluding carboxylic acids is 2. The van der Waals surface area contributed by atoms with Gasteiger partial charge in [0.15, 0.2) is 5.78 Å². The molecule has 1 atom stereocenters. The van der Waals surface area contributed by atoms with Gasteiger partial charge in [0.1, 0.15) is 6.61 Å². The van der Waals surface area contributed by atoms with Gasteiger partial charge in [-0.1, -0.05) is 66.7 Å². The maximum absolute atomic E-state index is 13.0. The molecule has 1 aliphatic rings. The number of amides is 1. The zero-order chi connectivity index (χ0) is 22.2. The first-order valence-electron chi connectivity index (χ1n) is 10.7. The molecule has 0 saturated carbocycles. The van der Waals surface area contributed by atoms with Crippen molar-refractivity contribution in [2.75, 3.05) is 6.61 Å². The summed E-state index contributed by atoms with van der Waals surface area (Å²) in [5.74, 6) is -0.160. The number of hydrogen-bond acceptors (Lipinski definition) is 3. The summed E-state index contributed by atoms with van der Waals surface area (Å²) in [4.78, 5) is 25.6. The topological polar surface area (TPSA) is 60.3 Å². The van der Waals surface area contributed by atoms with Crippen molar-refractivity contribution in [3.8, 4) is 11.1 Å². The van der Waals surface area contributed by atoms with Crippen LogP contribution in [0.4, 0.5) is 4.79 Å². The van der Waals surface area contributed by atoms with Gasteiger partial charge in [0, 0.05) is 35.6 Å². The van der Waals surface area contributed by atoms with E-state index < -0.39 is 12.1 Å². The summed E-state index contributed by atoms with van der Waals surface area (Å²) in [6, 6.07) is 23.4. The van der Waals surface area contributed by atoms with E-state index in [1.165, 1.54) is 11.1 Å². The lowest BCUT2D eigenvalue weighted by Gasteiger charge is -2.16. The van der Waals surface area contributed by atoms with Gasteiger partial charge in [0.25, 0.3) is 0 Å². The van der Waals surface area contributed by atoms with Crippen LogP contribution < -0.4 is 5.32 Å². The van der Waals surface area contributed by atoms with E-state index in [4.69, 9.17) is 4.74 Å². The average molecular weight is 425 g/mol. The minimum absolute atomic E-state index is 0.0165. The molecule has 1 aromatic heterocycles. The van der Waals surface area contributed by atoms with Crippen molar-refractivity contribution >= 4 is 22.8 Å². The first kappa shape index (κ1) is 20.1. The summed E-state index contributed by atoms with van der Waals surface area (Å²) in [5.41, 5.74) is 6.23. The molecule has 0 aliphatic heterocycles. The lowest BCUT2D eigenvalue weighted by atomic mass is 9.98. The standard InChI is InChI=1S/C27H24N2O3/c1-17(26(30)23-15-29(2)25-14-8-7-13-22(23)25)28-27(31)32-16-24-20-11-5-3-9-18(20)19-10-4-6-12-21(19)24/h3-15,17,24H,16H2,1-2H3,(H,28,31)/t17-/m1/s1. The van der Waals surface area contributed by atoms with Gasteiger partial charge in [-0.25, -0.2) is 4.79 Å². The van der Waals surface area contributed by atoms with Crippen LogP contribution in [0.1, 0.15) is 34.3 Å². The summed E-state index contributed by atoms with van der Waals surface area (Å²) >= 11 is 0. The second kappa shape index (κ2) is 8.00. The van der Waals surface area contributed by atoms with E-state index in [1.807, 2.05) is 66.3 Å². The van der Waals surface area contributed by atoms with Crippen molar-refractivity contribution < 1.29 is 14.3 Å². The third-order valence-corrected chi connectivity index (χ3v) is 6.23. The molecule has 1 amide bonds. The number of ether oxygens (including phenoxy) is 1. The summed E-state index contributed by atoms with van der Waals surface area (Å²) in [7, 11) is 1.91. The minimum Gasteiger partial charge on any atom is -0.449 e. The van der Waals surface area contributed by atoms with Crippen molar-refractivity contribution in [3.63, 3.8) is 0 Å². The van der Waals surface area contributed by atoms with E-state index in [0.29, 0.717) is 5.56 Å². The van der Waals surface area contributed by atoms with Crippen LogP contribution >= 0.6 is 0 Å². The Labute approximate surface area is 186 Å². The Balaban J connectivity index is 1.28. The predicted octanol–water partition coefficient (Wildman–Crippen LogP) is 5.29. The molecule has 1 heterocycles. The largest absolute Gasteiger partial charge is 0.449 e. The van der Waals surface area contributed by atoms with Gasteiger partial charge in [0.05, 0.1) is 6.04 Å². The Morgan fingerprint density at radius 1 is 0.938 bits per heavy atom. The van der Waals surface area contributed by atoms with Crippen LogP contribution in [0, 0.1) is 0 Å². The number of fused-ring (bicyclic) bond motifs is 4. The van der Waals surface area contributed by atoms with Crippen LogP contribution in [0.2, 0.25) is 0 Å². The van der Waals surface area contributed by atoms with Crippen molar-refractivity contribution in [2.24, 2.45) is 7.05 Å². The number of para-hydroxylation sites is 1. The number of alkyl carbamates (subject to hydrolysis) is 1. The first-order chi connectivity index (χ1) is 15.5. The second-order valence-electron chi connectivity index (χ2n) is 8.23. The summed E-state index contributed by atoms with van der Waals surface area (Å²) in [5, 5.41) is 3.58. The average Bonchev–Trinajstić information content (AvgIpc) is 3.32. The van der Waals surface area contributed by atoms with Crippen LogP contribution in [0.3, 0.4) is 0 Å². The lowest BCUT2D eigenvalue weighted by molar-refractivity contribution is 0.0930. The van der Waals surface area contributed by atoms with Crippen molar-refractivity contribution in [3.05, 3.63) is 95.7 Å². The van der Waals surface area contributed by atoms with E-state index in [-0.39, 0.29) is 18.3 Å². The highest BCUT2D eigenvalue weighted by molar-refractivity contribution is 6.11. The minimum atomic E-state index is -0.698. The smallest absolute Gasteiger partial charge is 0.407 e. The molecule has 5 nitrogen and oxygen atoms in total. The molecular weight excluding hydrogens is 400 g/mol. The summed E-state index contributed by atoms with van der Waals surface area (Å²) in [6.07, 6.45) is 1.22. The molecule has 0 saturated heterocycles. The van der Waals surface area contributed by atoms with Crippen molar-refractivity contribution in [1.82, 2.24) is 9.88 Å². The predicted molar refractivity (Wildman–Crippen MR) is 125 cm³/mol. The number of carbonyl (C=O) groups is 2. The van der Waals surface area contributed by atoms with Gasteiger partial charge in [-0.2, -0.15) is 0 Å². The zero-order valence-electron chi connectivity index (χ0n) is 18.0. The fourth-order valence-electron chi connectivity index (χ4n) is 4.65. The zero-order valence-corrected chi connectivity index (χ0v) is 18.0. The molecule has 32 heavy (non-hydrogen) atoms. The number of nitrogens with one attached hydrogen (secondary N) is 1. The quantitative estimate of drug-likeness (QED) is 0.443. The maximum atomic E-state index is 13.0. The molecule has 0 spiro atoms. The van der Waals surface area contributed by atoms with E-state index in [0.717, 1.165) is 22.0 Å². The van der Waals surface area contributed by atoms with Gasteiger partial charge in [-0.15, -0.1) is 0 Å². The fourth-order valence-corrected chi connectivity index (χ4v) is 4.65. The molecule has 4 aromatic rings. The van der Waals surface area contributed by atoms with Gasteiger partial charge < -0.3 is 14.6 Å². The highest BCUT2D eigenvalue weighted by atomic mass is 16.5. The Kier molecular flexibility index (Phi) is 5.02. The number of aryl methyl sites for hydroxylation is 1. The third-order valence-electron chi connectivity index (χ3n) is 6.23. The monoisotopic (exact) mass is 424 g/mol. The highest BCUT2D eigenvalue weighted by Crippen LogP contribution is 2.44. The molecule has 1 N–H and O–H groups in total. The maximum Gasteiger partial charge on any atom is 0.407 e. The fraction of sp³-hybridized carbons (Fsp3) is 0.185. The third kappa shape index (κ3) is 3.36. The van der Waals surface area contributed by atoms with E-state index in [2.05, 4.69) is 29.6 Å². The number of hydrogen-bond donors (Lipinski definition) is 1. The Hall–Kier alpha value is -3.86. The number of benzene rings is 3. The van der Waals surface area contributed by atoms with Crippen LogP contribution in [0.5, 0.6) is 0 Å². The van der Waals surface area contributed by atoms with Gasteiger partial charge in [-0.3, -0.25) is 4.79 Å². The summed E-state index contributed by atoms with van der Waals surface area (Å²) < 4.78 is 7.50. The lowest BCUT2D eigenvalue weighted by Crippen LogP contribution is -2.39. The van der Waals surface area contributed by atoms with Crippen molar-refractivity contribution in [2.45, 2.75) is 18.9 Å². The molecule has 5 heteroatoms. The molecule has 5 rings (SSSR count). The Morgan fingerprint density at radius 2 is 1.53 bits per heavy atom.